The molecule has 2 aromatic rings. The normalized spacial score (nSPS) is 20.6. The first kappa shape index (κ1) is 13.1. The van der Waals surface area contributed by atoms with Gasteiger partial charge in [-0.1, -0.05) is 29.8 Å². The number of halogens is 1. The lowest BCUT2D eigenvalue weighted by Gasteiger charge is -2.32. The van der Waals surface area contributed by atoms with Crippen molar-refractivity contribution >= 4 is 22.9 Å². The van der Waals surface area contributed by atoms with Crippen molar-refractivity contribution in [2.75, 3.05) is 19.7 Å². The maximum atomic E-state index is 6.05. The molecule has 1 unspecified atom stereocenters. The van der Waals surface area contributed by atoms with Gasteiger partial charge in [-0.3, -0.25) is 4.90 Å². The Labute approximate surface area is 122 Å². The van der Waals surface area contributed by atoms with Crippen LogP contribution in [0.4, 0.5) is 0 Å². The zero-order valence-electron chi connectivity index (χ0n) is 10.6. The van der Waals surface area contributed by atoms with E-state index in [9.17, 15) is 0 Å². The van der Waals surface area contributed by atoms with E-state index in [4.69, 9.17) is 16.3 Å². The van der Waals surface area contributed by atoms with Crippen molar-refractivity contribution in [2.24, 2.45) is 0 Å². The van der Waals surface area contributed by atoms with Crippen molar-refractivity contribution in [1.29, 1.82) is 0 Å². The van der Waals surface area contributed by atoms with Gasteiger partial charge in [0.2, 0.25) is 0 Å². The Kier molecular flexibility index (Phi) is 4.18. The molecule has 0 amide bonds. The minimum absolute atomic E-state index is 0.132. The van der Waals surface area contributed by atoms with Gasteiger partial charge in [0, 0.05) is 29.5 Å². The first-order valence-corrected chi connectivity index (χ1v) is 7.69. The first-order valence-electron chi connectivity index (χ1n) is 6.43. The van der Waals surface area contributed by atoms with E-state index < -0.39 is 0 Å². The van der Waals surface area contributed by atoms with Crippen LogP contribution in [0.5, 0.6) is 0 Å². The highest BCUT2D eigenvalue weighted by atomic mass is 35.5. The highest BCUT2D eigenvalue weighted by Crippen LogP contribution is 2.25. The van der Waals surface area contributed by atoms with Gasteiger partial charge in [0.1, 0.15) is 0 Å². The lowest BCUT2D eigenvalue weighted by Crippen LogP contribution is -2.37. The van der Waals surface area contributed by atoms with Gasteiger partial charge >= 0.3 is 0 Å². The zero-order valence-corrected chi connectivity index (χ0v) is 12.2. The van der Waals surface area contributed by atoms with Crippen LogP contribution in [0.1, 0.15) is 16.5 Å². The molecule has 2 heterocycles. The van der Waals surface area contributed by atoms with Crippen LogP contribution < -0.4 is 0 Å². The lowest BCUT2D eigenvalue weighted by molar-refractivity contribution is -0.0326. The number of morpholine rings is 1. The third-order valence-corrected chi connectivity index (χ3v) is 4.43. The quantitative estimate of drug-likeness (QED) is 0.849. The molecule has 1 aromatic carbocycles. The molecule has 100 valence electrons. The molecular weight excluding hydrogens is 278 g/mol. The topological polar surface area (TPSA) is 12.5 Å². The Morgan fingerprint density at radius 1 is 1.32 bits per heavy atom. The van der Waals surface area contributed by atoms with Gasteiger partial charge in [-0.25, -0.2) is 0 Å². The molecule has 0 radical (unpaired) electrons. The van der Waals surface area contributed by atoms with E-state index in [-0.39, 0.29) is 6.10 Å². The summed E-state index contributed by atoms with van der Waals surface area (Å²) in [5.41, 5.74) is 1.17. The molecule has 0 bridgehead atoms. The molecule has 0 N–H and O–H groups in total. The van der Waals surface area contributed by atoms with E-state index in [1.165, 1.54) is 10.4 Å². The molecule has 0 aliphatic carbocycles. The van der Waals surface area contributed by atoms with Crippen LogP contribution in [-0.4, -0.2) is 24.6 Å². The van der Waals surface area contributed by atoms with Crippen LogP contribution in [0.3, 0.4) is 0 Å². The molecule has 1 aliphatic rings. The summed E-state index contributed by atoms with van der Waals surface area (Å²) in [7, 11) is 0. The fourth-order valence-electron chi connectivity index (χ4n) is 2.38. The molecule has 1 atom stereocenters. The van der Waals surface area contributed by atoms with Gasteiger partial charge in [0.15, 0.2) is 0 Å². The standard InChI is InChI=1S/C15H16ClNOS/c16-13-4-1-3-12(9-13)15-11-17(6-7-18-15)10-14-5-2-8-19-14/h1-5,8-9,15H,6-7,10-11H2. The maximum Gasteiger partial charge on any atom is 0.0953 e. The highest BCUT2D eigenvalue weighted by molar-refractivity contribution is 7.09. The monoisotopic (exact) mass is 293 g/mol. The average molecular weight is 294 g/mol. The van der Waals surface area contributed by atoms with E-state index in [1.807, 2.05) is 29.5 Å². The summed E-state index contributed by atoms with van der Waals surface area (Å²) in [6.07, 6.45) is 0.132. The molecule has 4 heteroatoms. The predicted octanol–water partition coefficient (Wildman–Crippen LogP) is 3.98. The van der Waals surface area contributed by atoms with Crippen LogP contribution in [0, 0.1) is 0 Å². The fourth-order valence-corrected chi connectivity index (χ4v) is 3.32. The largest absolute Gasteiger partial charge is 0.371 e. The molecule has 0 spiro atoms. The van der Waals surface area contributed by atoms with E-state index in [1.54, 1.807) is 0 Å². The van der Waals surface area contributed by atoms with Crippen molar-refractivity contribution in [3.63, 3.8) is 0 Å². The summed E-state index contributed by atoms with van der Waals surface area (Å²) in [6.45, 7) is 3.72. The van der Waals surface area contributed by atoms with E-state index in [2.05, 4.69) is 28.5 Å². The molecule has 3 rings (SSSR count). The second-order valence-electron chi connectivity index (χ2n) is 4.73. The van der Waals surface area contributed by atoms with Gasteiger partial charge in [-0.2, -0.15) is 0 Å². The van der Waals surface area contributed by atoms with Crippen LogP contribution in [-0.2, 0) is 11.3 Å². The van der Waals surface area contributed by atoms with Crippen molar-refractivity contribution in [2.45, 2.75) is 12.6 Å². The molecular formula is C15H16ClNOS. The molecule has 1 aliphatic heterocycles. The fraction of sp³-hybridized carbons (Fsp3) is 0.333. The molecule has 0 saturated carbocycles. The maximum absolute atomic E-state index is 6.05. The molecule has 19 heavy (non-hydrogen) atoms. The minimum Gasteiger partial charge on any atom is -0.371 e. The van der Waals surface area contributed by atoms with Crippen molar-refractivity contribution < 1.29 is 4.74 Å². The summed E-state index contributed by atoms with van der Waals surface area (Å²) in [6, 6.07) is 12.3. The second-order valence-corrected chi connectivity index (χ2v) is 6.20. The summed E-state index contributed by atoms with van der Waals surface area (Å²) >= 11 is 7.86. The van der Waals surface area contributed by atoms with E-state index >= 15 is 0 Å². The number of ether oxygens (including phenoxy) is 1. The SMILES string of the molecule is Clc1cccc(C2CN(Cc3cccs3)CCO2)c1. The van der Waals surface area contributed by atoms with E-state index in [0.717, 1.165) is 31.3 Å². The Hall–Kier alpha value is -0.870. The predicted molar refractivity (Wildman–Crippen MR) is 79.7 cm³/mol. The highest BCUT2D eigenvalue weighted by Gasteiger charge is 2.22. The van der Waals surface area contributed by atoms with Crippen molar-refractivity contribution in [3.8, 4) is 0 Å². The van der Waals surface area contributed by atoms with Crippen LogP contribution >= 0.6 is 22.9 Å². The van der Waals surface area contributed by atoms with Crippen LogP contribution in [0.15, 0.2) is 41.8 Å². The Balaban J connectivity index is 1.67. The summed E-state index contributed by atoms with van der Waals surface area (Å²) in [4.78, 5) is 3.85. The smallest absolute Gasteiger partial charge is 0.0953 e. The van der Waals surface area contributed by atoms with Gasteiger partial charge in [0.05, 0.1) is 12.7 Å². The van der Waals surface area contributed by atoms with Crippen LogP contribution in [0.2, 0.25) is 5.02 Å². The third-order valence-electron chi connectivity index (χ3n) is 3.33. The average Bonchev–Trinajstić information content (AvgIpc) is 2.92. The molecule has 2 nitrogen and oxygen atoms in total. The molecule has 1 fully saturated rings. The number of benzene rings is 1. The van der Waals surface area contributed by atoms with Crippen molar-refractivity contribution in [1.82, 2.24) is 4.90 Å². The van der Waals surface area contributed by atoms with Gasteiger partial charge in [-0.15, -0.1) is 11.3 Å². The van der Waals surface area contributed by atoms with Gasteiger partial charge in [0.25, 0.3) is 0 Å². The summed E-state index contributed by atoms with van der Waals surface area (Å²) in [5, 5.41) is 2.90. The Morgan fingerprint density at radius 3 is 3.05 bits per heavy atom. The number of nitrogens with zero attached hydrogens (tertiary/aromatic N) is 1. The zero-order chi connectivity index (χ0) is 13.1. The van der Waals surface area contributed by atoms with Gasteiger partial charge in [-0.05, 0) is 29.1 Å². The van der Waals surface area contributed by atoms with E-state index in [0.29, 0.717) is 0 Å². The number of hydrogen-bond donors (Lipinski definition) is 0. The molecule has 1 saturated heterocycles. The third kappa shape index (κ3) is 3.37. The molecule has 1 aromatic heterocycles. The first-order chi connectivity index (χ1) is 9.31. The number of thiophene rings is 1. The second kappa shape index (κ2) is 6.06. The Bertz CT molecular complexity index is 529. The minimum atomic E-state index is 0.132. The number of rotatable bonds is 3. The van der Waals surface area contributed by atoms with Crippen LogP contribution in [0.25, 0.3) is 0 Å². The van der Waals surface area contributed by atoms with Crippen molar-refractivity contribution in [3.05, 3.63) is 57.2 Å². The lowest BCUT2D eigenvalue weighted by atomic mass is 10.1. The summed E-state index contributed by atoms with van der Waals surface area (Å²) in [5.74, 6) is 0. The number of hydrogen-bond acceptors (Lipinski definition) is 3. The van der Waals surface area contributed by atoms with Gasteiger partial charge < -0.3 is 4.74 Å². The summed E-state index contributed by atoms with van der Waals surface area (Å²) < 4.78 is 5.87. The Morgan fingerprint density at radius 2 is 2.26 bits per heavy atom.